The second kappa shape index (κ2) is 5.12. The number of carbonyl (C=O) groups is 1. The zero-order valence-corrected chi connectivity index (χ0v) is 12.2. The predicted molar refractivity (Wildman–Crippen MR) is 74.3 cm³/mol. The Labute approximate surface area is 120 Å². The van der Waals surface area contributed by atoms with Crippen LogP contribution < -0.4 is 0 Å². The van der Waals surface area contributed by atoms with E-state index in [0.29, 0.717) is 6.04 Å². The van der Waals surface area contributed by atoms with Crippen molar-refractivity contribution >= 4 is 5.97 Å². The van der Waals surface area contributed by atoms with E-state index in [1.807, 2.05) is 13.1 Å². The Bertz CT molecular complexity index is 449. The van der Waals surface area contributed by atoms with Gasteiger partial charge in [-0.15, -0.1) is 0 Å². The molecule has 0 atom stereocenters. The molecule has 20 heavy (non-hydrogen) atoms. The lowest BCUT2D eigenvalue weighted by Gasteiger charge is -2.56. The number of nitriles is 1. The van der Waals surface area contributed by atoms with E-state index < -0.39 is 5.97 Å². The molecule has 0 aromatic carbocycles. The Morgan fingerprint density at radius 1 is 1.20 bits per heavy atom. The molecule has 0 aromatic rings. The Morgan fingerprint density at radius 3 is 2.20 bits per heavy atom. The van der Waals surface area contributed by atoms with Crippen molar-refractivity contribution in [3.63, 3.8) is 0 Å². The van der Waals surface area contributed by atoms with Crippen LogP contribution in [0.25, 0.3) is 0 Å². The Hall–Kier alpha value is -1.50. The fourth-order valence-corrected chi connectivity index (χ4v) is 5.09. The molecule has 4 saturated carbocycles. The highest BCUT2D eigenvalue weighted by Crippen LogP contribution is 2.55. The molecule has 0 aliphatic heterocycles. The predicted octanol–water partition coefficient (Wildman–Crippen LogP) is 2.32. The molecule has 4 rings (SSSR count). The average molecular weight is 274 g/mol. The van der Waals surface area contributed by atoms with Crippen LogP contribution in [0.5, 0.6) is 0 Å². The summed E-state index contributed by atoms with van der Waals surface area (Å²) in [4.78, 5) is 13.6. The van der Waals surface area contributed by atoms with E-state index in [0.717, 1.165) is 23.7 Å². The van der Waals surface area contributed by atoms with E-state index >= 15 is 0 Å². The summed E-state index contributed by atoms with van der Waals surface area (Å²) in [5.41, 5.74) is 0.101. The first-order valence-corrected chi connectivity index (χ1v) is 7.54. The summed E-state index contributed by atoms with van der Waals surface area (Å²) in [6.45, 7) is 0. The van der Waals surface area contributed by atoms with Crippen LogP contribution in [0, 0.1) is 35.0 Å². The number of rotatable bonds is 3. The summed E-state index contributed by atoms with van der Waals surface area (Å²) in [5, 5.41) is 9.08. The number of esters is 1. The van der Waals surface area contributed by atoms with Crippen molar-refractivity contribution < 1.29 is 9.53 Å². The van der Waals surface area contributed by atoms with Gasteiger partial charge in [0, 0.05) is 19.3 Å². The summed E-state index contributed by atoms with van der Waals surface area (Å²) in [6, 6.07) is 2.45. The van der Waals surface area contributed by atoms with Crippen LogP contribution in [0.4, 0.5) is 0 Å². The molecule has 0 radical (unpaired) electrons. The van der Waals surface area contributed by atoms with Crippen LogP contribution in [-0.2, 0) is 9.53 Å². The molecule has 0 heterocycles. The fraction of sp³-hybridized carbons (Fsp3) is 0.750. The van der Waals surface area contributed by atoms with Crippen LogP contribution in [0.1, 0.15) is 32.1 Å². The summed E-state index contributed by atoms with van der Waals surface area (Å²) >= 11 is 0. The molecule has 108 valence electrons. The minimum Gasteiger partial charge on any atom is -0.465 e. The van der Waals surface area contributed by atoms with Crippen molar-refractivity contribution in [2.75, 3.05) is 14.2 Å². The molecular weight excluding hydrogens is 252 g/mol. The van der Waals surface area contributed by atoms with Gasteiger partial charge in [0.2, 0.25) is 0 Å². The van der Waals surface area contributed by atoms with Crippen molar-refractivity contribution in [2.24, 2.45) is 23.7 Å². The van der Waals surface area contributed by atoms with Crippen LogP contribution in [0.15, 0.2) is 11.8 Å². The van der Waals surface area contributed by atoms with Gasteiger partial charge in [-0.05, 0) is 55.8 Å². The lowest BCUT2D eigenvalue weighted by molar-refractivity contribution is -0.135. The number of methoxy groups -OCH3 is 1. The van der Waals surface area contributed by atoms with Gasteiger partial charge < -0.3 is 9.64 Å². The molecule has 0 saturated heterocycles. The van der Waals surface area contributed by atoms with Crippen molar-refractivity contribution in [1.29, 1.82) is 5.26 Å². The Balaban J connectivity index is 1.77. The summed E-state index contributed by atoms with van der Waals surface area (Å²) in [7, 11) is 3.32. The molecule has 4 aliphatic carbocycles. The molecule has 0 N–H and O–H groups in total. The highest BCUT2D eigenvalue weighted by atomic mass is 16.5. The smallest absolute Gasteiger partial charge is 0.350 e. The molecule has 0 unspecified atom stereocenters. The van der Waals surface area contributed by atoms with Crippen LogP contribution in [-0.4, -0.2) is 31.1 Å². The van der Waals surface area contributed by atoms with Gasteiger partial charge in [-0.2, -0.15) is 5.26 Å². The van der Waals surface area contributed by atoms with Crippen molar-refractivity contribution in [2.45, 2.75) is 38.1 Å². The van der Waals surface area contributed by atoms with Gasteiger partial charge in [0.05, 0.1) is 7.11 Å². The average Bonchev–Trinajstić information content (AvgIpc) is 2.42. The van der Waals surface area contributed by atoms with E-state index in [1.165, 1.54) is 39.2 Å². The van der Waals surface area contributed by atoms with Gasteiger partial charge in [0.1, 0.15) is 6.07 Å². The highest BCUT2D eigenvalue weighted by Gasteiger charge is 2.49. The standard InChI is InChI=1S/C16H22N2O2/c1-18(9-14(8-17)16(19)20-2)15-12-4-10-3-11(6-12)7-13(15)5-10/h9-13,15H,3-7H2,1-2H3/b14-9+. The number of carbonyl (C=O) groups excluding carboxylic acids is 1. The zero-order chi connectivity index (χ0) is 14.3. The fourth-order valence-electron chi connectivity index (χ4n) is 5.09. The van der Waals surface area contributed by atoms with Crippen molar-refractivity contribution in [3.05, 3.63) is 11.8 Å². The van der Waals surface area contributed by atoms with Gasteiger partial charge in [0.15, 0.2) is 5.57 Å². The normalized spacial score (nSPS) is 38.5. The summed E-state index contributed by atoms with van der Waals surface area (Å²) < 4.78 is 4.65. The van der Waals surface area contributed by atoms with Crippen LogP contribution >= 0.6 is 0 Å². The van der Waals surface area contributed by atoms with Gasteiger partial charge in [0.25, 0.3) is 0 Å². The third kappa shape index (κ3) is 2.19. The molecular formula is C16H22N2O2. The first-order valence-electron chi connectivity index (χ1n) is 7.54. The maximum absolute atomic E-state index is 11.5. The summed E-state index contributed by atoms with van der Waals surface area (Å²) in [6.07, 6.45) is 8.45. The molecule has 0 amide bonds. The first-order chi connectivity index (χ1) is 9.62. The number of nitrogens with zero attached hydrogens (tertiary/aromatic N) is 2. The second-order valence-electron chi connectivity index (χ2n) is 6.73. The van der Waals surface area contributed by atoms with E-state index in [4.69, 9.17) is 5.26 Å². The zero-order valence-electron chi connectivity index (χ0n) is 12.2. The second-order valence-corrected chi connectivity index (χ2v) is 6.73. The lowest BCUT2D eigenvalue weighted by Crippen LogP contribution is -2.53. The van der Waals surface area contributed by atoms with E-state index in [-0.39, 0.29) is 5.57 Å². The third-order valence-electron chi connectivity index (χ3n) is 5.51. The van der Waals surface area contributed by atoms with Crippen LogP contribution in [0.3, 0.4) is 0 Å². The Kier molecular flexibility index (Phi) is 3.45. The molecule has 4 fully saturated rings. The number of hydrogen-bond acceptors (Lipinski definition) is 4. The SMILES string of the molecule is COC(=O)/C(C#N)=C/N(C)C1C2CC3CC(C2)CC1C3. The Morgan fingerprint density at radius 2 is 1.75 bits per heavy atom. The number of ether oxygens (including phenoxy) is 1. The lowest BCUT2D eigenvalue weighted by atomic mass is 9.54. The third-order valence-corrected chi connectivity index (χ3v) is 5.51. The maximum Gasteiger partial charge on any atom is 0.350 e. The molecule has 4 nitrogen and oxygen atoms in total. The van der Waals surface area contributed by atoms with Crippen molar-refractivity contribution in [3.8, 4) is 6.07 Å². The molecule has 4 aliphatic rings. The van der Waals surface area contributed by atoms with E-state index in [2.05, 4.69) is 9.64 Å². The maximum atomic E-state index is 11.5. The highest BCUT2D eigenvalue weighted by molar-refractivity contribution is 5.92. The number of hydrogen-bond donors (Lipinski definition) is 0. The van der Waals surface area contributed by atoms with Gasteiger partial charge in [-0.3, -0.25) is 0 Å². The monoisotopic (exact) mass is 274 g/mol. The minimum atomic E-state index is -0.539. The largest absolute Gasteiger partial charge is 0.465 e. The quantitative estimate of drug-likeness (QED) is 0.450. The van der Waals surface area contributed by atoms with Crippen LogP contribution in [0.2, 0.25) is 0 Å². The van der Waals surface area contributed by atoms with Crippen molar-refractivity contribution in [1.82, 2.24) is 4.90 Å². The molecule has 4 bridgehead atoms. The van der Waals surface area contributed by atoms with Gasteiger partial charge in [-0.25, -0.2) is 4.79 Å². The van der Waals surface area contributed by atoms with Gasteiger partial charge >= 0.3 is 5.97 Å². The topological polar surface area (TPSA) is 53.3 Å². The molecule has 4 heteroatoms. The summed E-state index contributed by atoms with van der Waals surface area (Å²) in [5.74, 6) is 2.81. The first kappa shape index (κ1) is 13.5. The van der Waals surface area contributed by atoms with E-state index in [1.54, 1.807) is 6.20 Å². The van der Waals surface area contributed by atoms with Gasteiger partial charge in [-0.1, -0.05) is 0 Å². The molecule has 0 aromatic heterocycles. The minimum absolute atomic E-state index is 0.101. The van der Waals surface area contributed by atoms with E-state index in [9.17, 15) is 4.79 Å². The molecule has 0 spiro atoms.